The number of hydrogen-bond acceptors (Lipinski definition) is 4. The second kappa shape index (κ2) is 6.72. The average molecular weight is 312 g/mol. The molecule has 2 saturated heterocycles. The predicted octanol–water partition coefficient (Wildman–Crippen LogP) is 2.28. The molecule has 2 aromatic rings. The quantitative estimate of drug-likeness (QED) is 0.944. The van der Waals surface area contributed by atoms with E-state index >= 15 is 0 Å². The van der Waals surface area contributed by atoms with Gasteiger partial charge < -0.3 is 14.6 Å². The lowest BCUT2D eigenvalue weighted by molar-refractivity contribution is 0.00892. The van der Waals surface area contributed by atoms with Crippen LogP contribution in [0.15, 0.2) is 42.9 Å². The second-order valence-electron chi connectivity index (χ2n) is 6.43. The molecule has 1 N–H and O–H groups in total. The van der Waals surface area contributed by atoms with E-state index in [1.807, 2.05) is 24.7 Å². The van der Waals surface area contributed by atoms with Gasteiger partial charge in [-0.1, -0.05) is 0 Å². The molecule has 0 aromatic carbocycles. The average Bonchev–Trinajstić information content (AvgIpc) is 3.02. The summed E-state index contributed by atoms with van der Waals surface area (Å²) in [4.78, 5) is 12.6. The Kier molecular flexibility index (Phi) is 4.30. The molecule has 0 bridgehead atoms. The minimum absolute atomic E-state index is 0.331. The largest absolute Gasteiger partial charge is 0.374 e. The number of rotatable bonds is 3. The van der Waals surface area contributed by atoms with Gasteiger partial charge in [0, 0.05) is 44.3 Å². The Balaban J connectivity index is 1.47. The third-order valence-electron chi connectivity index (χ3n) is 5.00. The van der Waals surface area contributed by atoms with Gasteiger partial charge in [-0.2, -0.15) is 0 Å². The molecule has 2 aromatic heterocycles. The molecule has 4 rings (SSSR count). The van der Waals surface area contributed by atoms with Crippen LogP contribution in [0.5, 0.6) is 0 Å². The molecule has 0 spiro atoms. The molecule has 0 unspecified atom stereocenters. The number of nitrogens with zero attached hydrogens (tertiary/aromatic N) is 3. The number of H-pyrrole nitrogens is 1. The topological polar surface area (TPSA) is 44.4 Å². The smallest absolute Gasteiger partial charge is 0.0791 e. The van der Waals surface area contributed by atoms with Crippen molar-refractivity contribution in [3.05, 3.63) is 48.5 Å². The summed E-state index contributed by atoms with van der Waals surface area (Å²) in [5.74, 6) is 0. The van der Waals surface area contributed by atoms with Gasteiger partial charge in [0.2, 0.25) is 0 Å². The molecule has 5 nitrogen and oxygen atoms in total. The van der Waals surface area contributed by atoms with Crippen molar-refractivity contribution < 1.29 is 4.74 Å². The van der Waals surface area contributed by atoms with Crippen LogP contribution in [0, 0.1) is 0 Å². The molecule has 0 saturated carbocycles. The van der Waals surface area contributed by atoms with Crippen LogP contribution in [0.25, 0.3) is 0 Å². The maximum absolute atomic E-state index is 6.10. The van der Waals surface area contributed by atoms with E-state index in [1.54, 1.807) is 0 Å². The van der Waals surface area contributed by atoms with Crippen molar-refractivity contribution >= 4 is 5.69 Å². The lowest BCUT2D eigenvalue weighted by atomic mass is 10.0. The summed E-state index contributed by atoms with van der Waals surface area (Å²) in [5, 5.41) is 0. The highest BCUT2D eigenvalue weighted by atomic mass is 16.5. The highest BCUT2D eigenvalue weighted by Crippen LogP contribution is 2.28. The Morgan fingerprint density at radius 2 is 2.13 bits per heavy atom. The van der Waals surface area contributed by atoms with Crippen LogP contribution >= 0.6 is 0 Å². The van der Waals surface area contributed by atoms with Gasteiger partial charge >= 0.3 is 0 Å². The van der Waals surface area contributed by atoms with Crippen LogP contribution in [0.4, 0.5) is 5.69 Å². The van der Waals surface area contributed by atoms with Crippen molar-refractivity contribution in [2.75, 3.05) is 31.1 Å². The van der Waals surface area contributed by atoms with E-state index in [4.69, 9.17) is 4.74 Å². The Morgan fingerprint density at radius 1 is 1.17 bits per heavy atom. The fourth-order valence-corrected chi connectivity index (χ4v) is 3.84. The summed E-state index contributed by atoms with van der Waals surface area (Å²) in [7, 11) is 0. The van der Waals surface area contributed by atoms with Crippen molar-refractivity contribution in [3.8, 4) is 0 Å². The second-order valence-corrected chi connectivity index (χ2v) is 6.43. The molecule has 5 heteroatoms. The molecule has 2 atom stereocenters. The lowest BCUT2D eigenvalue weighted by Gasteiger charge is -2.41. The molecule has 0 aliphatic carbocycles. The zero-order valence-corrected chi connectivity index (χ0v) is 13.4. The molecular weight excluding hydrogens is 288 g/mol. The van der Waals surface area contributed by atoms with E-state index < -0.39 is 0 Å². The van der Waals surface area contributed by atoms with Gasteiger partial charge in [-0.15, -0.1) is 0 Å². The standard InChI is InChI=1S/C18H24N4O/c1-3-15(20-8-1)14-21-9-5-17-18(6-10-21)23-12-11-22(17)16-4-2-7-19-13-16/h1-4,7-8,13,17-18,20H,5-6,9-12,14H2/t17-,18+/m0/s1. The van der Waals surface area contributed by atoms with Gasteiger partial charge in [0.25, 0.3) is 0 Å². The number of anilines is 1. The highest BCUT2D eigenvalue weighted by Gasteiger charge is 2.34. The number of nitrogens with one attached hydrogen (secondary N) is 1. The maximum Gasteiger partial charge on any atom is 0.0791 e. The first-order valence-electron chi connectivity index (χ1n) is 8.53. The number of morpholine rings is 1. The van der Waals surface area contributed by atoms with Crippen LogP contribution in [0.2, 0.25) is 0 Å². The Labute approximate surface area is 137 Å². The molecule has 2 aliphatic heterocycles. The fraction of sp³-hybridized carbons (Fsp3) is 0.500. The van der Waals surface area contributed by atoms with Crippen LogP contribution in [-0.2, 0) is 11.3 Å². The zero-order chi connectivity index (χ0) is 15.5. The summed E-state index contributed by atoms with van der Waals surface area (Å²) in [6.45, 7) is 4.98. The summed E-state index contributed by atoms with van der Waals surface area (Å²) < 4.78 is 6.10. The van der Waals surface area contributed by atoms with Gasteiger partial charge in [-0.3, -0.25) is 9.88 Å². The maximum atomic E-state index is 6.10. The van der Waals surface area contributed by atoms with E-state index in [0.717, 1.165) is 45.6 Å². The monoisotopic (exact) mass is 312 g/mol. The van der Waals surface area contributed by atoms with Crippen LogP contribution in [0.1, 0.15) is 18.5 Å². The Morgan fingerprint density at radius 3 is 2.96 bits per heavy atom. The molecule has 4 heterocycles. The number of pyridine rings is 1. The number of ether oxygens (including phenoxy) is 1. The molecule has 0 radical (unpaired) electrons. The van der Waals surface area contributed by atoms with Crippen molar-refractivity contribution in [2.24, 2.45) is 0 Å². The predicted molar refractivity (Wildman–Crippen MR) is 90.4 cm³/mol. The molecule has 23 heavy (non-hydrogen) atoms. The Hall–Kier alpha value is -1.85. The van der Waals surface area contributed by atoms with Gasteiger partial charge in [-0.05, 0) is 37.1 Å². The number of aromatic amines is 1. The van der Waals surface area contributed by atoms with E-state index in [0.29, 0.717) is 12.1 Å². The molecular formula is C18H24N4O. The van der Waals surface area contributed by atoms with Gasteiger partial charge in [0.1, 0.15) is 0 Å². The van der Waals surface area contributed by atoms with Crippen LogP contribution in [0.3, 0.4) is 0 Å². The van der Waals surface area contributed by atoms with Crippen molar-refractivity contribution in [1.29, 1.82) is 0 Å². The molecule has 2 fully saturated rings. The van der Waals surface area contributed by atoms with E-state index in [1.165, 1.54) is 11.4 Å². The van der Waals surface area contributed by atoms with E-state index in [2.05, 4.69) is 38.0 Å². The Bertz CT molecular complexity index is 601. The van der Waals surface area contributed by atoms with Crippen LogP contribution < -0.4 is 4.90 Å². The minimum atomic E-state index is 0.331. The summed E-state index contributed by atoms with van der Waals surface area (Å²) in [6.07, 6.45) is 8.39. The third kappa shape index (κ3) is 3.26. The molecule has 2 aliphatic rings. The van der Waals surface area contributed by atoms with Crippen LogP contribution in [-0.4, -0.2) is 53.3 Å². The highest BCUT2D eigenvalue weighted by molar-refractivity contribution is 5.45. The van der Waals surface area contributed by atoms with E-state index in [9.17, 15) is 0 Å². The zero-order valence-electron chi connectivity index (χ0n) is 13.4. The summed E-state index contributed by atoms with van der Waals surface area (Å²) in [6, 6.07) is 8.88. The molecule has 0 amide bonds. The number of hydrogen-bond donors (Lipinski definition) is 1. The van der Waals surface area contributed by atoms with Crippen molar-refractivity contribution in [3.63, 3.8) is 0 Å². The van der Waals surface area contributed by atoms with Gasteiger partial charge in [0.15, 0.2) is 0 Å². The fourth-order valence-electron chi connectivity index (χ4n) is 3.84. The number of aromatic nitrogens is 2. The third-order valence-corrected chi connectivity index (χ3v) is 5.00. The summed E-state index contributed by atoms with van der Waals surface area (Å²) >= 11 is 0. The first-order valence-corrected chi connectivity index (χ1v) is 8.53. The first kappa shape index (κ1) is 14.7. The van der Waals surface area contributed by atoms with Crippen molar-refractivity contribution in [2.45, 2.75) is 31.5 Å². The first-order chi connectivity index (χ1) is 11.4. The normalized spacial score (nSPS) is 25.8. The van der Waals surface area contributed by atoms with Crippen molar-refractivity contribution in [1.82, 2.24) is 14.9 Å². The lowest BCUT2D eigenvalue weighted by Crippen LogP contribution is -2.51. The number of fused-ring (bicyclic) bond motifs is 1. The van der Waals surface area contributed by atoms with Gasteiger partial charge in [0.05, 0.1) is 30.6 Å². The molecule has 122 valence electrons. The minimum Gasteiger partial charge on any atom is -0.374 e. The summed E-state index contributed by atoms with van der Waals surface area (Å²) in [5.41, 5.74) is 2.52. The van der Waals surface area contributed by atoms with E-state index in [-0.39, 0.29) is 0 Å². The SMILES string of the molecule is c1cncc(N2CCO[C@@H]3CCN(Cc4ccc[nH]4)CC[C@@H]32)c1. The van der Waals surface area contributed by atoms with Gasteiger partial charge in [-0.25, -0.2) is 0 Å². The number of likely N-dealkylation sites (tertiary alicyclic amines) is 1.